The zero-order chi connectivity index (χ0) is 13.1. The maximum atomic E-state index is 11.9. The van der Waals surface area contributed by atoms with Crippen molar-refractivity contribution in [2.75, 3.05) is 0 Å². The number of carbonyl (C=O) groups excluding carboxylic acids is 1. The van der Waals surface area contributed by atoms with Gasteiger partial charge in [-0.25, -0.2) is 0 Å². The summed E-state index contributed by atoms with van der Waals surface area (Å²) < 4.78 is 0. The molecule has 0 saturated carbocycles. The number of benzene rings is 1. The molecular weight excluding hydrogens is 230 g/mol. The summed E-state index contributed by atoms with van der Waals surface area (Å²) in [4.78, 5) is 23.5. The maximum Gasteiger partial charge on any atom is 0.311 e. The van der Waals surface area contributed by atoms with Gasteiger partial charge in [0, 0.05) is 0 Å². The fourth-order valence-electron chi connectivity index (χ4n) is 3.29. The average molecular weight is 245 g/mol. The number of hydrogen-bond donors (Lipinski definition) is 2. The van der Waals surface area contributed by atoms with Crippen molar-refractivity contribution in [3.05, 3.63) is 34.9 Å². The number of aryl methyl sites for hydroxylation is 1. The first-order chi connectivity index (χ1) is 8.45. The van der Waals surface area contributed by atoms with E-state index < -0.39 is 17.4 Å². The minimum atomic E-state index is -0.905. The van der Waals surface area contributed by atoms with Crippen LogP contribution in [0.25, 0.3) is 0 Å². The van der Waals surface area contributed by atoms with E-state index in [9.17, 15) is 14.7 Å². The quantitative estimate of drug-likeness (QED) is 0.792. The molecule has 1 saturated heterocycles. The third-order valence-corrected chi connectivity index (χ3v) is 4.38. The third-order valence-electron chi connectivity index (χ3n) is 4.38. The number of piperidine rings is 1. The molecule has 2 aliphatic heterocycles. The first-order valence-electron chi connectivity index (χ1n) is 6.08. The van der Waals surface area contributed by atoms with E-state index in [1.165, 1.54) is 0 Å². The molecule has 1 amide bonds. The van der Waals surface area contributed by atoms with Crippen molar-refractivity contribution in [1.82, 2.24) is 5.32 Å². The Morgan fingerprint density at radius 1 is 1.50 bits per heavy atom. The van der Waals surface area contributed by atoms with Gasteiger partial charge in [-0.1, -0.05) is 18.2 Å². The largest absolute Gasteiger partial charge is 0.481 e. The van der Waals surface area contributed by atoms with E-state index in [0.717, 1.165) is 16.7 Å². The van der Waals surface area contributed by atoms with E-state index in [2.05, 4.69) is 5.32 Å². The van der Waals surface area contributed by atoms with Gasteiger partial charge in [-0.15, -0.1) is 0 Å². The summed E-state index contributed by atoms with van der Waals surface area (Å²) in [6.45, 7) is 3.69. The van der Waals surface area contributed by atoms with E-state index in [4.69, 9.17) is 0 Å². The fraction of sp³-hybridized carbons (Fsp3) is 0.429. The highest BCUT2D eigenvalue weighted by Gasteiger charge is 2.55. The van der Waals surface area contributed by atoms with Gasteiger partial charge in [-0.2, -0.15) is 0 Å². The van der Waals surface area contributed by atoms with Gasteiger partial charge in [0.1, 0.15) is 0 Å². The highest BCUT2D eigenvalue weighted by molar-refractivity contribution is 5.92. The van der Waals surface area contributed by atoms with E-state index >= 15 is 0 Å². The normalized spacial score (nSPS) is 32.9. The molecule has 3 aliphatic rings. The highest BCUT2D eigenvalue weighted by atomic mass is 16.4. The molecule has 4 rings (SSSR count). The molecule has 0 aromatic heterocycles. The SMILES string of the molecule is Cc1cccc2c1C1NC(=O)[C@H]2C[C@]1(C)C(=O)O. The van der Waals surface area contributed by atoms with Crippen molar-refractivity contribution in [1.29, 1.82) is 0 Å². The number of carboxylic acids is 1. The summed E-state index contributed by atoms with van der Waals surface area (Å²) in [6.07, 6.45) is 0.384. The molecule has 1 aliphatic carbocycles. The number of amides is 1. The zero-order valence-electron chi connectivity index (χ0n) is 10.4. The predicted molar refractivity (Wildman–Crippen MR) is 65.2 cm³/mol. The van der Waals surface area contributed by atoms with Crippen molar-refractivity contribution >= 4 is 11.9 Å². The smallest absolute Gasteiger partial charge is 0.311 e. The molecule has 2 bridgehead atoms. The van der Waals surface area contributed by atoms with Crippen LogP contribution in [-0.4, -0.2) is 17.0 Å². The van der Waals surface area contributed by atoms with Crippen molar-refractivity contribution < 1.29 is 14.7 Å². The Kier molecular flexibility index (Phi) is 2.09. The van der Waals surface area contributed by atoms with Crippen LogP contribution in [0.4, 0.5) is 0 Å². The van der Waals surface area contributed by atoms with Crippen LogP contribution >= 0.6 is 0 Å². The Morgan fingerprint density at radius 3 is 2.89 bits per heavy atom. The highest BCUT2D eigenvalue weighted by Crippen LogP contribution is 2.53. The molecule has 2 N–H and O–H groups in total. The summed E-state index contributed by atoms with van der Waals surface area (Å²) in [6, 6.07) is 5.43. The molecule has 2 heterocycles. The lowest BCUT2D eigenvalue weighted by Crippen LogP contribution is -2.56. The summed E-state index contributed by atoms with van der Waals surface area (Å²) in [7, 11) is 0. The van der Waals surface area contributed by atoms with Crippen LogP contribution in [0.2, 0.25) is 0 Å². The number of rotatable bonds is 1. The van der Waals surface area contributed by atoms with Crippen LogP contribution in [0, 0.1) is 12.3 Å². The summed E-state index contributed by atoms with van der Waals surface area (Å²) in [5, 5.41) is 12.3. The molecule has 1 aromatic carbocycles. The van der Waals surface area contributed by atoms with Crippen LogP contribution in [-0.2, 0) is 9.59 Å². The molecule has 0 spiro atoms. The van der Waals surface area contributed by atoms with Gasteiger partial charge < -0.3 is 10.4 Å². The zero-order valence-corrected chi connectivity index (χ0v) is 10.4. The number of nitrogens with one attached hydrogen (secondary N) is 1. The van der Waals surface area contributed by atoms with Crippen LogP contribution < -0.4 is 5.32 Å². The first kappa shape index (κ1) is 11.3. The summed E-state index contributed by atoms with van der Waals surface area (Å²) in [5.41, 5.74) is 2.15. The van der Waals surface area contributed by atoms with E-state index in [1.807, 2.05) is 25.1 Å². The van der Waals surface area contributed by atoms with Crippen molar-refractivity contribution in [2.24, 2.45) is 5.41 Å². The Balaban J connectivity index is 2.25. The van der Waals surface area contributed by atoms with Gasteiger partial charge in [-0.3, -0.25) is 9.59 Å². The van der Waals surface area contributed by atoms with Crippen LogP contribution in [0.15, 0.2) is 18.2 Å². The summed E-state index contributed by atoms with van der Waals surface area (Å²) >= 11 is 0. The van der Waals surface area contributed by atoms with Gasteiger partial charge in [0.2, 0.25) is 5.91 Å². The number of carbonyl (C=O) groups is 2. The van der Waals surface area contributed by atoms with Crippen molar-refractivity contribution in [3.8, 4) is 0 Å². The van der Waals surface area contributed by atoms with Gasteiger partial charge in [0.05, 0.1) is 17.4 Å². The van der Waals surface area contributed by atoms with Crippen molar-refractivity contribution in [2.45, 2.75) is 32.2 Å². The second-order valence-electron chi connectivity index (χ2n) is 5.50. The van der Waals surface area contributed by atoms with Crippen molar-refractivity contribution in [3.63, 3.8) is 0 Å². The predicted octanol–water partition coefficient (Wildman–Crippen LogP) is 1.74. The molecule has 94 valence electrons. The topological polar surface area (TPSA) is 66.4 Å². The Bertz CT molecular complexity index is 566. The molecule has 4 nitrogen and oxygen atoms in total. The van der Waals surface area contributed by atoms with Gasteiger partial charge in [-0.05, 0) is 37.0 Å². The minimum absolute atomic E-state index is 0.0446. The van der Waals surface area contributed by atoms with Crippen LogP contribution in [0.1, 0.15) is 42.0 Å². The standard InChI is InChI=1S/C14H15NO3/c1-7-4-3-5-8-9-6-14(2,13(17)18)11(10(7)8)15-12(9)16/h3-5,9,11H,6H2,1-2H3,(H,15,16)(H,17,18)/t9-,11?,14-/m0/s1. The minimum Gasteiger partial charge on any atom is -0.481 e. The number of fused-ring (bicyclic) bond motifs is 2. The Labute approximate surface area is 105 Å². The third kappa shape index (κ3) is 1.20. The van der Waals surface area contributed by atoms with Crippen LogP contribution in [0.3, 0.4) is 0 Å². The average Bonchev–Trinajstić information content (AvgIpc) is 2.31. The monoisotopic (exact) mass is 245 g/mol. The molecular formula is C14H15NO3. The maximum absolute atomic E-state index is 11.9. The Hall–Kier alpha value is -1.84. The second kappa shape index (κ2) is 3.34. The molecule has 1 aromatic rings. The lowest BCUT2D eigenvalue weighted by atomic mass is 9.61. The molecule has 0 radical (unpaired) electrons. The summed E-state index contributed by atoms with van der Waals surface area (Å²) in [5.74, 6) is -1.21. The number of aliphatic carboxylic acids is 1. The van der Waals surface area contributed by atoms with Gasteiger partial charge >= 0.3 is 5.97 Å². The van der Waals surface area contributed by atoms with E-state index in [-0.39, 0.29) is 11.8 Å². The lowest BCUT2D eigenvalue weighted by Gasteiger charge is -2.48. The molecule has 1 fully saturated rings. The van der Waals surface area contributed by atoms with Crippen LogP contribution in [0.5, 0.6) is 0 Å². The fourth-order valence-corrected chi connectivity index (χ4v) is 3.29. The number of carboxylic acid groups (broad SMARTS) is 1. The van der Waals surface area contributed by atoms with E-state index in [1.54, 1.807) is 6.92 Å². The van der Waals surface area contributed by atoms with E-state index in [0.29, 0.717) is 6.42 Å². The molecule has 1 unspecified atom stereocenters. The van der Waals surface area contributed by atoms with Gasteiger partial charge in [0.15, 0.2) is 0 Å². The number of hydrogen-bond acceptors (Lipinski definition) is 2. The molecule has 18 heavy (non-hydrogen) atoms. The molecule has 3 atom stereocenters. The lowest BCUT2D eigenvalue weighted by molar-refractivity contribution is -0.155. The Morgan fingerprint density at radius 2 is 2.22 bits per heavy atom. The second-order valence-corrected chi connectivity index (χ2v) is 5.50. The first-order valence-corrected chi connectivity index (χ1v) is 6.08. The van der Waals surface area contributed by atoms with Gasteiger partial charge in [0.25, 0.3) is 0 Å². The molecule has 4 heteroatoms.